The largest absolute Gasteiger partial charge is 0.352 e. The number of carbonyl (C=O) groups is 1. The van der Waals surface area contributed by atoms with Crippen LogP contribution in [0.3, 0.4) is 0 Å². The minimum Gasteiger partial charge on any atom is -0.352 e. The average molecular weight is 492 g/mol. The molecule has 1 saturated heterocycles. The van der Waals surface area contributed by atoms with Crippen molar-refractivity contribution in [1.29, 1.82) is 0 Å². The number of rotatable bonds is 6. The molecule has 0 spiro atoms. The molecule has 3 aromatic rings. The van der Waals surface area contributed by atoms with Gasteiger partial charge < -0.3 is 10.2 Å². The predicted octanol–water partition coefficient (Wildman–Crippen LogP) is 5.94. The van der Waals surface area contributed by atoms with Crippen LogP contribution in [-0.4, -0.2) is 42.0 Å². The molecule has 2 aromatic carbocycles. The molecule has 0 saturated carbocycles. The van der Waals surface area contributed by atoms with Crippen LogP contribution in [0.4, 0.5) is 0 Å². The number of benzene rings is 2. The number of nitrogens with one attached hydrogen (secondary N) is 1. The number of aromatic nitrogens is 1. The van der Waals surface area contributed by atoms with Crippen LogP contribution in [0.5, 0.6) is 0 Å². The highest BCUT2D eigenvalue weighted by Gasteiger charge is 2.20. The standard InChI is InChI=1S/C27H30BrN3O/c1-3-31-13-5-8-21(18-31)17-29-27(32)25-16-23(11-9-20-7-4-6-19(2)14-20)30-26-12-10-22(28)15-24(25)26/h4,6-7,9-12,14-16,21H,3,5,8,13,17-18H2,1-2H3,(H,29,32)/b11-9+. The van der Waals surface area contributed by atoms with Crippen molar-refractivity contribution < 1.29 is 4.79 Å². The molecule has 1 aliphatic rings. The Morgan fingerprint density at radius 3 is 2.91 bits per heavy atom. The van der Waals surface area contributed by atoms with Crippen LogP contribution in [-0.2, 0) is 0 Å². The molecule has 1 N–H and O–H groups in total. The van der Waals surface area contributed by atoms with E-state index in [4.69, 9.17) is 4.98 Å². The van der Waals surface area contributed by atoms with Crippen molar-refractivity contribution >= 4 is 44.9 Å². The summed E-state index contributed by atoms with van der Waals surface area (Å²) in [6.45, 7) is 8.29. The van der Waals surface area contributed by atoms with Gasteiger partial charge in [-0.3, -0.25) is 4.79 Å². The molecule has 4 rings (SSSR count). The van der Waals surface area contributed by atoms with E-state index in [1.165, 1.54) is 24.9 Å². The van der Waals surface area contributed by atoms with Gasteiger partial charge in [-0.2, -0.15) is 0 Å². The van der Waals surface area contributed by atoms with Gasteiger partial charge in [0, 0.05) is 22.9 Å². The van der Waals surface area contributed by atoms with Crippen molar-refractivity contribution in [3.63, 3.8) is 0 Å². The molecular weight excluding hydrogens is 462 g/mol. The molecule has 2 heterocycles. The summed E-state index contributed by atoms with van der Waals surface area (Å²) in [6, 6.07) is 16.1. The van der Waals surface area contributed by atoms with E-state index >= 15 is 0 Å². The third-order valence-electron chi connectivity index (χ3n) is 6.13. The van der Waals surface area contributed by atoms with Crippen LogP contribution in [0, 0.1) is 12.8 Å². The Morgan fingerprint density at radius 1 is 1.22 bits per heavy atom. The second-order valence-electron chi connectivity index (χ2n) is 8.62. The van der Waals surface area contributed by atoms with Gasteiger partial charge in [0.1, 0.15) is 0 Å². The fourth-order valence-electron chi connectivity index (χ4n) is 4.38. The lowest BCUT2D eigenvalue weighted by Gasteiger charge is -2.31. The zero-order valence-corrected chi connectivity index (χ0v) is 20.4. The summed E-state index contributed by atoms with van der Waals surface area (Å²) in [5.74, 6) is 0.475. The van der Waals surface area contributed by atoms with Gasteiger partial charge in [-0.1, -0.05) is 58.8 Å². The number of halogens is 1. The van der Waals surface area contributed by atoms with Gasteiger partial charge in [0.2, 0.25) is 0 Å². The Bertz CT molecular complexity index is 1140. The number of nitrogens with zero attached hydrogens (tertiary/aromatic N) is 2. The Morgan fingerprint density at radius 2 is 2.09 bits per heavy atom. The van der Waals surface area contributed by atoms with Crippen LogP contribution in [0.2, 0.25) is 0 Å². The summed E-state index contributed by atoms with van der Waals surface area (Å²) in [7, 11) is 0. The SMILES string of the molecule is CCN1CCCC(CNC(=O)c2cc(/C=C/c3cccc(C)c3)nc3ccc(Br)cc23)C1. The first-order chi connectivity index (χ1) is 15.5. The van der Waals surface area contributed by atoms with Crippen molar-refractivity contribution in [2.24, 2.45) is 5.92 Å². The number of aryl methyl sites for hydroxylation is 1. The monoisotopic (exact) mass is 491 g/mol. The molecular formula is C27H30BrN3O. The maximum atomic E-state index is 13.2. The summed E-state index contributed by atoms with van der Waals surface area (Å²) in [4.78, 5) is 20.5. The Kier molecular flexibility index (Phi) is 7.38. The number of likely N-dealkylation sites (tertiary alicyclic amines) is 1. The molecule has 1 fully saturated rings. The van der Waals surface area contributed by atoms with Crippen LogP contribution in [0.25, 0.3) is 23.1 Å². The molecule has 166 valence electrons. The summed E-state index contributed by atoms with van der Waals surface area (Å²) in [5.41, 5.74) is 4.60. The predicted molar refractivity (Wildman–Crippen MR) is 137 cm³/mol. The average Bonchev–Trinajstić information content (AvgIpc) is 2.81. The highest BCUT2D eigenvalue weighted by atomic mass is 79.9. The minimum absolute atomic E-state index is 0.0330. The Labute approximate surface area is 198 Å². The normalized spacial score (nSPS) is 17.2. The minimum atomic E-state index is -0.0330. The molecule has 1 atom stereocenters. The highest BCUT2D eigenvalue weighted by Crippen LogP contribution is 2.24. The number of amides is 1. The van der Waals surface area contributed by atoms with E-state index in [1.807, 2.05) is 42.5 Å². The lowest BCUT2D eigenvalue weighted by Crippen LogP contribution is -2.40. The first kappa shape index (κ1) is 22.7. The van der Waals surface area contributed by atoms with E-state index in [-0.39, 0.29) is 5.91 Å². The van der Waals surface area contributed by atoms with Crippen molar-refractivity contribution in [3.05, 3.63) is 75.4 Å². The number of piperidine rings is 1. The fraction of sp³-hybridized carbons (Fsp3) is 0.333. The van der Waals surface area contributed by atoms with E-state index in [2.05, 4.69) is 58.2 Å². The van der Waals surface area contributed by atoms with E-state index in [0.29, 0.717) is 18.0 Å². The quantitative estimate of drug-likeness (QED) is 0.464. The first-order valence-electron chi connectivity index (χ1n) is 11.4. The molecule has 1 aliphatic heterocycles. The third kappa shape index (κ3) is 5.64. The Balaban J connectivity index is 1.58. The van der Waals surface area contributed by atoms with Crippen LogP contribution in [0.15, 0.2) is 53.0 Å². The van der Waals surface area contributed by atoms with Crippen molar-refractivity contribution in [3.8, 4) is 0 Å². The number of fused-ring (bicyclic) bond motifs is 1. The lowest BCUT2D eigenvalue weighted by molar-refractivity contribution is 0.0935. The number of hydrogen-bond acceptors (Lipinski definition) is 3. The van der Waals surface area contributed by atoms with Gasteiger partial charge >= 0.3 is 0 Å². The molecule has 5 heteroatoms. The van der Waals surface area contributed by atoms with Crippen molar-refractivity contribution in [2.75, 3.05) is 26.2 Å². The van der Waals surface area contributed by atoms with E-state index in [9.17, 15) is 4.79 Å². The molecule has 1 aromatic heterocycles. The van der Waals surface area contributed by atoms with Gasteiger partial charge in [-0.25, -0.2) is 4.98 Å². The molecule has 1 amide bonds. The zero-order chi connectivity index (χ0) is 22.5. The first-order valence-corrected chi connectivity index (χ1v) is 12.2. The maximum absolute atomic E-state index is 13.2. The van der Waals surface area contributed by atoms with Crippen LogP contribution in [0.1, 0.15) is 46.9 Å². The number of hydrogen-bond donors (Lipinski definition) is 1. The van der Waals surface area contributed by atoms with Gasteiger partial charge in [-0.15, -0.1) is 0 Å². The van der Waals surface area contributed by atoms with Gasteiger partial charge in [0.15, 0.2) is 0 Å². The summed E-state index contributed by atoms with van der Waals surface area (Å²) in [6.07, 6.45) is 6.40. The summed E-state index contributed by atoms with van der Waals surface area (Å²) >= 11 is 3.54. The van der Waals surface area contributed by atoms with Gasteiger partial charge in [0.25, 0.3) is 5.91 Å². The third-order valence-corrected chi connectivity index (χ3v) is 6.62. The Hall–Kier alpha value is -2.50. The van der Waals surface area contributed by atoms with Crippen molar-refractivity contribution in [2.45, 2.75) is 26.7 Å². The smallest absolute Gasteiger partial charge is 0.252 e. The highest BCUT2D eigenvalue weighted by molar-refractivity contribution is 9.10. The molecule has 0 radical (unpaired) electrons. The van der Waals surface area contributed by atoms with E-state index < -0.39 is 0 Å². The van der Waals surface area contributed by atoms with Crippen LogP contribution >= 0.6 is 15.9 Å². The van der Waals surface area contributed by atoms with Gasteiger partial charge in [0.05, 0.1) is 16.8 Å². The van der Waals surface area contributed by atoms with Crippen LogP contribution < -0.4 is 5.32 Å². The second-order valence-corrected chi connectivity index (χ2v) is 9.53. The summed E-state index contributed by atoms with van der Waals surface area (Å²) in [5, 5.41) is 4.06. The number of carbonyl (C=O) groups excluding carboxylic acids is 1. The molecule has 32 heavy (non-hydrogen) atoms. The lowest BCUT2D eigenvalue weighted by atomic mass is 9.97. The molecule has 4 nitrogen and oxygen atoms in total. The fourth-order valence-corrected chi connectivity index (χ4v) is 4.75. The molecule has 1 unspecified atom stereocenters. The topological polar surface area (TPSA) is 45.2 Å². The zero-order valence-electron chi connectivity index (χ0n) is 18.8. The molecule has 0 bridgehead atoms. The second kappa shape index (κ2) is 10.4. The number of pyridine rings is 1. The maximum Gasteiger partial charge on any atom is 0.252 e. The van der Waals surface area contributed by atoms with Gasteiger partial charge in [-0.05, 0) is 74.7 Å². The van der Waals surface area contributed by atoms with E-state index in [0.717, 1.165) is 39.7 Å². The van der Waals surface area contributed by atoms with Crippen molar-refractivity contribution in [1.82, 2.24) is 15.2 Å². The molecule has 0 aliphatic carbocycles. The summed E-state index contributed by atoms with van der Waals surface area (Å²) < 4.78 is 0.940. The van der Waals surface area contributed by atoms with E-state index in [1.54, 1.807) is 0 Å².